The van der Waals surface area contributed by atoms with Crippen molar-refractivity contribution in [3.8, 4) is 5.75 Å². The van der Waals surface area contributed by atoms with Crippen LogP contribution in [0.15, 0.2) is 34.5 Å². The number of nitrogens with zero attached hydrogens (tertiary/aromatic N) is 4. The average Bonchev–Trinajstić information content (AvgIpc) is 2.89. The second-order valence-electron chi connectivity index (χ2n) is 4.24. The second kappa shape index (κ2) is 7.60. The van der Waals surface area contributed by atoms with Crippen LogP contribution in [0.25, 0.3) is 0 Å². The smallest absolute Gasteiger partial charge is 0.435 e. The van der Waals surface area contributed by atoms with E-state index in [1.54, 1.807) is 6.92 Å². The zero-order chi connectivity index (χ0) is 17.7. The first kappa shape index (κ1) is 18.2. The van der Waals surface area contributed by atoms with Gasteiger partial charge in [0.1, 0.15) is 5.75 Å². The molecule has 0 unspecified atom stereocenters. The summed E-state index contributed by atoms with van der Waals surface area (Å²) in [7, 11) is 0. The molecule has 0 radical (unpaired) electrons. The van der Waals surface area contributed by atoms with Gasteiger partial charge in [-0.05, 0) is 35.6 Å². The molecule has 0 saturated carbocycles. The Morgan fingerprint density at radius 1 is 1.25 bits per heavy atom. The highest BCUT2D eigenvalue weighted by molar-refractivity contribution is 7.99. The maximum Gasteiger partial charge on any atom is 0.453 e. The topological polar surface area (TPSA) is 52.3 Å². The van der Waals surface area contributed by atoms with E-state index in [-0.39, 0.29) is 10.9 Å². The molecule has 2 aromatic rings. The lowest BCUT2D eigenvalue weighted by atomic mass is 10.2. The van der Waals surface area contributed by atoms with Crippen LogP contribution < -0.4 is 4.74 Å². The van der Waals surface area contributed by atoms with Crippen molar-refractivity contribution in [3.63, 3.8) is 0 Å². The van der Waals surface area contributed by atoms with E-state index in [1.165, 1.54) is 24.3 Å². The Labute approximate surface area is 137 Å². The molecule has 0 aliphatic heterocycles. The van der Waals surface area contributed by atoms with Crippen LogP contribution in [0.1, 0.15) is 18.3 Å². The first-order valence-corrected chi connectivity index (χ1v) is 7.54. The summed E-state index contributed by atoms with van der Waals surface area (Å²) in [5, 5.41) is 10.3. The van der Waals surface area contributed by atoms with E-state index in [1.807, 2.05) is 0 Å². The predicted octanol–water partition coefficient (Wildman–Crippen LogP) is 3.89. The highest BCUT2D eigenvalue weighted by Gasteiger charge is 2.38. The number of thioether (sulfide) groups is 1. The Hall–Kier alpha value is -2.17. The summed E-state index contributed by atoms with van der Waals surface area (Å²) in [6.07, 6.45) is -3.56. The van der Waals surface area contributed by atoms with Gasteiger partial charge in [-0.3, -0.25) is 0 Å². The normalized spacial score (nSPS) is 12.3. The Morgan fingerprint density at radius 2 is 1.92 bits per heavy atom. The van der Waals surface area contributed by atoms with Gasteiger partial charge in [0.05, 0.1) is 6.21 Å². The van der Waals surface area contributed by atoms with Gasteiger partial charge in [-0.1, -0.05) is 18.7 Å². The van der Waals surface area contributed by atoms with E-state index in [0.717, 1.165) is 18.0 Å². The van der Waals surface area contributed by atoms with Crippen LogP contribution in [0.3, 0.4) is 0 Å². The molecular weight excluding hydrogens is 355 g/mol. The van der Waals surface area contributed by atoms with E-state index >= 15 is 0 Å². The van der Waals surface area contributed by atoms with Crippen molar-refractivity contribution in [3.05, 3.63) is 35.7 Å². The maximum atomic E-state index is 12.9. The fraction of sp³-hybridized carbons (Fsp3) is 0.308. The van der Waals surface area contributed by atoms with Crippen molar-refractivity contribution in [2.45, 2.75) is 24.9 Å². The lowest BCUT2D eigenvalue weighted by Gasteiger charge is -2.06. The number of aromatic nitrogens is 3. The van der Waals surface area contributed by atoms with Gasteiger partial charge >= 0.3 is 12.8 Å². The number of benzene rings is 1. The summed E-state index contributed by atoms with van der Waals surface area (Å²) in [6.45, 7) is -1.20. The number of alkyl halides is 5. The quantitative estimate of drug-likeness (QED) is 0.442. The molecule has 0 fully saturated rings. The number of hydrogen-bond acceptors (Lipinski definition) is 5. The van der Waals surface area contributed by atoms with Gasteiger partial charge in [-0.15, -0.1) is 10.2 Å². The van der Waals surface area contributed by atoms with Crippen molar-refractivity contribution < 1.29 is 26.7 Å². The van der Waals surface area contributed by atoms with Crippen LogP contribution in [-0.2, 0) is 6.18 Å². The summed E-state index contributed by atoms with van der Waals surface area (Å²) < 4.78 is 67.6. The van der Waals surface area contributed by atoms with Crippen LogP contribution in [0.2, 0.25) is 0 Å². The molecule has 1 aromatic carbocycles. The predicted molar refractivity (Wildman–Crippen MR) is 77.5 cm³/mol. The largest absolute Gasteiger partial charge is 0.453 e. The van der Waals surface area contributed by atoms with Crippen LogP contribution in [0.4, 0.5) is 22.0 Å². The first-order valence-electron chi connectivity index (χ1n) is 6.56. The monoisotopic (exact) mass is 366 g/mol. The molecule has 0 bridgehead atoms. The molecule has 0 atom stereocenters. The van der Waals surface area contributed by atoms with Crippen molar-refractivity contribution in [1.29, 1.82) is 0 Å². The Balaban J connectivity index is 2.26. The maximum absolute atomic E-state index is 12.9. The summed E-state index contributed by atoms with van der Waals surface area (Å²) in [5.41, 5.74) is 0.394. The number of hydrogen-bond donors (Lipinski definition) is 0. The van der Waals surface area contributed by atoms with Crippen molar-refractivity contribution in [1.82, 2.24) is 14.9 Å². The summed E-state index contributed by atoms with van der Waals surface area (Å²) in [6, 6.07) is 5.27. The third kappa shape index (κ3) is 4.66. The third-order valence-electron chi connectivity index (χ3n) is 2.57. The zero-order valence-electron chi connectivity index (χ0n) is 12.2. The summed E-state index contributed by atoms with van der Waals surface area (Å²) in [4.78, 5) is 0. The highest BCUT2D eigenvalue weighted by Crippen LogP contribution is 2.30. The van der Waals surface area contributed by atoms with E-state index < -0.39 is 18.6 Å². The minimum absolute atomic E-state index is 0.00118. The third-order valence-corrected chi connectivity index (χ3v) is 3.37. The van der Waals surface area contributed by atoms with Gasteiger partial charge in [-0.25, -0.2) is 0 Å². The molecule has 11 heteroatoms. The first-order chi connectivity index (χ1) is 11.3. The zero-order valence-corrected chi connectivity index (χ0v) is 13.0. The number of rotatable bonds is 6. The van der Waals surface area contributed by atoms with E-state index in [9.17, 15) is 22.0 Å². The van der Waals surface area contributed by atoms with Gasteiger partial charge < -0.3 is 4.74 Å². The lowest BCUT2D eigenvalue weighted by Crippen LogP contribution is -2.13. The molecule has 5 nitrogen and oxygen atoms in total. The van der Waals surface area contributed by atoms with Crippen molar-refractivity contribution in [2.75, 3.05) is 5.75 Å². The standard InChI is InChI=1S/C13H11F5N4OS/c1-2-24-12-21-20-10(13(16,17)18)22(12)19-7-8-3-5-9(6-4-8)23-11(14)15/h3-7,11H,2H2,1H3/b19-7-. The fourth-order valence-electron chi connectivity index (χ4n) is 1.63. The molecule has 0 amide bonds. The minimum Gasteiger partial charge on any atom is -0.435 e. The lowest BCUT2D eigenvalue weighted by molar-refractivity contribution is -0.147. The van der Waals surface area contributed by atoms with E-state index in [2.05, 4.69) is 20.0 Å². The Kier molecular flexibility index (Phi) is 5.75. The van der Waals surface area contributed by atoms with Gasteiger partial charge in [0.2, 0.25) is 5.16 Å². The molecule has 0 aliphatic carbocycles. The SMILES string of the molecule is CCSc1nnc(C(F)(F)F)n1/N=C\c1ccc(OC(F)F)cc1. The van der Waals surface area contributed by atoms with Crippen molar-refractivity contribution >= 4 is 18.0 Å². The Morgan fingerprint density at radius 3 is 2.46 bits per heavy atom. The average molecular weight is 366 g/mol. The molecular formula is C13H11F5N4OS. The Bertz CT molecular complexity index is 699. The summed E-state index contributed by atoms with van der Waals surface area (Å²) in [5.74, 6) is -0.817. The molecule has 1 heterocycles. The van der Waals surface area contributed by atoms with Crippen molar-refractivity contribution in [2.24, 2.45) is 5.10 Å². The van der Waals surface area contributed by atoms with Crippen LogP contribution in [0.5, 0.6) is 5.75 Å². The van der Waals surface area contributed by atoms with Gasteiger partial charge in [0.15, 0.2) is 0 Å². The molecule has 0 spiro atoms. The molecule has 0 N–H and O–H groups in total. The molecule has 24 heavy (non-hydrogen) atoms. The van der Waals surface area contributed by atoms with Crippen LogP contribution in [0, 0.1) is 0 Å². The molecule has 0 aliphatic rings. The van der Waals surface area contributed by atoms with Crippen LogP contribution in [-0.4, -0.2) is 33.5 Å². The molecule has 0 saturated heterocycles. The molecule has 130 valence electrons. The molecule has 2 rings (SSSR count). The fourth-order valence-corrected chi connectivity index (χ4v) is 2.24. The second-order valence-corrected chi connectivity index (χ2v) is 5.47. The van der Waals surface area contributed by atoms with Gasteiger partial charge in [-0.2, -0.15) is 31.7 Å². The van der Waals surface area contributed by atoms with E-state index in [0.29, 0.717) is 16.0 Å². The van der Waals surface area contributed by atoms with Crippen LogP contribution >= 0.6 is 11.8 Å². The van der Waals surface area contributed by atoms with Gasteiger partial charge in [0, 0.05) is 0 Å². The van der Waals surface area contributed by atoms with E-state index in [4.69, 9.17) is 0 Å². The number of halogens is 5. The highest BCUT2D eigenvalue weighted by atomic mass is 32.2. The summed E-state index contributed by atoms with van der Waals surface area (Å²) >= 11 is 1.06. The molecule has 1 aromatic heterocycles. The minimum atomic E-state index is -4.70. The number of ether oxygens (including phenoxy) is 1. The van der Waals surface area contributed by atoms with Gasteiger partial charge in [0.25, 0.3) is 5.82 Å².